The van der Waals surface area contributed by atoms with E-state index in [0.29, 0.717) is 6.54 Å². The van der Waals surface area contributed by atoms with Gasteiger partial charge in [-0.1, -0.05) is 13.8 Å². The highest BCUT2D eigenvalue weighted by Gasteiger charge is 2.61. The quantitative estimate of drug-likeness (QED) is 0.893. The van der Waals surface area contributed by atoms with E-state index in [0.717, 1.165) is 12.0 Å². The molecule has 1 unspecified atom stereocenters. The van der Waals surface area contributed by atoms with Gasteiger partial charge in [0.25, 0.3) is 0 Å². The van der Waals surface area contributed by atoms with Gasteiger partial charge in [0.05, 0.1) is 0 Å². The van der Waals surface area contributed by atoms with Crippen LogP contribution in [0.4, 0.5) is 10.7 Å². The van der Waals surface area contributed by atoms with Crippen LogP contribution in [0.15, 0.2) is 12.4 Å². The van der Waals surface area contributed by atoms with Crippen LogP contribution in [0.25, 0.3) is 0 Å². The van der Waals surface area contributed by atoms with E-state index in [1.54, 1.807) is 33.2 Å². The minimum absolute atomic E-state index is 0.0442. The highest BCUT2D eigenvalue weighted by atomic mass is 16.6. The van der Waals surface area contributed by atoms with Gasteiger partial charge in [0.2, 0.25) is 5.95 Å². The number of ether oxygens (including phenoxy) is 1. The number of carbonyl (C=O) groups excluding carboxylic acids is 1. The summed E-state index contributed by atoms with van der Waals surface area (Å²) in [5, 5.41) is 2.52. The van der Waals surface area contributed by atoms with Crippen LogP contribution in [0.2, 0.25) is 0 Å². The molecule has 1 aromatic rings. The minimum atomic E-state index is -0.560. The average molecular weight is 292 g/mol. The maximum absolute atomic E-state index is 11.6. The van der Waals surface area contributed by atoms with Crippen molar-refractivity contribution in [2.75, 3.05) is 11.9 Å². The third-order valence-corrected chi connectivity index (χ3v) is 4.08. The van der Waals surface area contributed by atoms with Crippen LogP contribution in [-0.4, -0.2) is 28.2 Å². The van der Waals surface area contributed by atoms with Crippen LogP contribution in [-0.2, 0) is 10.2 Å². The molecule has 0 spiro atoms. The summed E-state index contributed by atoms with van der Waals surface area (Å²) in [6, 6.07) is 0. The molecule has 1 amide bonds. The van der Waals surface area contributed by atoms with Crippen molar-refractivity contribution in [3.63, 3.8) is 0 Å². The Morgan fingerprint density at radius 3 is 2.29 bits per heavy atom. The third kappa shape index (κ3) is 3.15. The number of rotatable bonds is 3. The van der Waals surface area contributed by atoms with Gasteiger partial charge < -0.3 is 10.5 Å². The first kappa shape index (κ1) is 15.7. The first-order valence-electron chi connectivity index (χ1n) is 7.12. The van der Waals surface area contributed by atoms with Gasteiger partial charge in [-0.15, -0.1) is 0 Å². The van der Waals surface area contributed by atoms with Crippen molar-refractivity contribution in [3.05, 3.63) is 18.0 Å². The van der Waals surface area contributed by atoms with E-state index in [2.05, 4.69) is 29.1 Å². The van der Waals surface area contributed by atoms with Crippen molar-refractivity contribution in [3.8, 4) is 0 Å². The zero-order valence-corrected chi connectivity index (χ0v) is 13.4. The second kappa shape index (κ2) is 4.94. The number of nitrogens with two attached hydrogens (primary N) is 1. The molecule has 21 heavy (non-hydrogen) atoms. The molecule has 0 bridgehead atoms. The molecule has 1 saturated carbocycles. The molecule has 1 atom stereocenters. The van der Waals surface area contributed by atoms with Crippen molar-refractivity contribution in [2.45, 2.75) is 52.1 Å². The Kier molecular flexibility index (Phi) is 3.70. The fraction of sp³-hybridized carbons (Fsp3) is 0.667. The third-order valence-electron chi connectivity index (χ3n) is 4.08. The molecular formula is C15H24N4O2. The molecule has 1 heterocycles. The Hall–Kier alpha value is -1.69. The Morgan fingerprint density at radius 1 is 1.38 bits per heavy atom. The lowest BCUT2D eigenvalue weighted by atomic mass is 9.90. The Bertz CT molecular complexity index is 534. The standard InChI is InChI=1S/C15H24N4O2/c1-13(2,3)21-12(20)19-11-17-6-10(7-18-11)15(9-16)8-14(15,4)5/h6-7H,8-9,16H2,1-5H3,(H,17,18,19,20). The van der Waals surface area contributed by atoms with Crippen molar-refractivity contribution < 1.29 is 9.53 Å². The van der Waals surface area contributed by atoms with Crippen LogP contribution in [0, 0.1) is 5.41 Å². The molecule has 3 N–H and O–H groups in total. The molecular weight excluding hydrogens is 268 g/mol. The van der Waals surface area contributed by atoms with Gasteiger partial charge in [-0.3, -0.25) is 5.32 Å². The monoisotopic (exact) mass is 292 g/mol. The zero-order chi connectivity index (χ0) is 15.9. The van der Waals surface area contributed by atoms with Crippen LogP contribution in [0.3, 0.4) is 0 Å². The van der Waals surface area contributed by atoms with E-state index in [4.69, 9.17) is 10.5 Å². The lowest BCUT2D eigenvalue weighted by molar-refractivity contribution is 0.0634. The molecule has 2 rings (SSSR count). The number of hydrogen-bond donors (Lipinski definition) is 2. The van der Waals surface area contributed by atoms with E-state index in [9.17, 15) is 4.79 Å². The number of nitrogens with one attached hydrogen (secondary N) is 1. The normalized spacial score (nSPS) is 23.5. The largest absolute Gasteiger partial charge is 0.444 e. The molecule has 116 valence electrons. The number of hydrogen-bond acceptors (Lipinski definition) is 5. The summed E-state index contributed by atoms with van der Waals surface area (Å²) in [7, 11) is 0. The number of nitrogens with zero attached hydrogens (tertiary/aromatic N) is 2. The topological polar surface area (TPSA) is 90.1 Å². The second-order valence-electron chi connectivity index (χ2n) is 7.27. The van der Waals surface area contributed by atoms with E-state index in [-0.39, 0.29) is 16.8 Å². The lowest BCUT2D eigenvalue weighted by Crippen LogP contribution is -2.28. The summed E-state index contributed by atoms with van der Waals surface area (Å²) in [6.45, 7) is 10.4. The highest BCUT2D eigenvalue weighted by Crippen LogP contribution is 2.63. The Morgan fingerprint density at radius 2 is 1.90 bits per heavy atom. The summed E-state index contributed by atoms with van der Waals surface area (Å²) in [6.07, 6.45) is 3.94. The minimum Gasteiger partial charge on any atom is -0.444 e. The van der Waals surface area contributed by atoms with E-state index >= 15 is 0 Å². The first-order valence-corrected chi connectivity index (χ1v) is 7.12. The summed E-state index contributed by atoms with van der Waals surface area (Å²) in [5.74, 6) is 0.235. The van der Waals surface area contributed by atoms with Gasteiger partial charge in [-0.2, -0.15) is 0 Å². The predicted molar refractivity (Wildman–Crippen MR) is 81.0 cm³/mol. The number of amides is 1. The van der Waals surface area contributed by atoms with E-state index < -0.39 is 11.7 Å². The molecule has 0 aromatic carbocycles. The summed E-state index contributed by atoms with van der Waals surface area (Å²) in [5.41, 5.74) is 6.52. The molecule has 1 aromatic heterocycles. The van der Waals surface area contributed by atoms with Gasteiger partial charge in [0, 0.05) is 24.4 Å². The highest BCUT2D eigenvalue weighted by molar-refractivity contribution is 5.82. The van der Waals surface area contributed by atoms with Crippen molar-refractivity contribution >= 4 is 12.0 Å². The summed E-state index contributed by atoms with van der Waals surface area (Å²) in [4.78, 5) is 20.0. The second-order valence-corrected chi connectivity index (χ2v) is 7.27. The summed E-state index contributed by atoms with van der Waals surface area (Å²) >= 11 is 0. The van der Waals surface area contributed by atoms with Crippen LogP contribution >= 0.6 is 0 Å². The first-order chi connectivity index (χ1) is 9.60. The van der Waals surface area contributed by atoms with Crippen LogP contribution in [0.1, 0.15) is 46.6 Å². The van der Waals surface area contributed by atoms with E-state index in [1.165, 1.54) is 0 Å². The molecule has 6 heteroatoms. The van der Waals surface area contributed by atoms with Crippen LogP contribution < -0.4 is 11.1 Å². The lowest BCUT2D eigenvalue weighted by Gasteiger charge is -2.20. The SMILES string of the molecule is CC(C)(C)OC(=O)Nc1ncc(C2(CN)CC2(C)C)cn1. The molecule has 0 aliphatic heterocycles. The zero-order valence-electron chi connectivity index (χ0n) is 13.4. The Balaban J connectivity index is 2.05. The smallest absolute Gasteiger partial charge is 0.414 e. The fourth-order valence-electron chi connectivity index (χ4n) is 2.70. The molecule has 0 radical (unpaired) electrons. The summed E-state index contributed by atoms with van der Waals surface area (Å²) < 4.78 is 5.16. The predicted octanol–water partition coefficient (Wildman–Crippen LogP) is 2.45. The van der Waals surface area contributed by atoms with Gasteiger partial charge >= 0.3 is 6.09 Å². The van der Waals surface area contributed by atoms with Crippen molar-refractivity contribution in [2.24, 2.45) is 11.1 Å². The molecule has 6 nitrogen and oxygen atoms in total. The van der Waals surface area contributed by atoms with Gasteiger partial charge in [0.1, 0.15) is 5.60 Å². The number of aromatic nitrogens is 2. The number of anilines is 1. The van der Waals surface area contributed by atoms with Gasteiger partial charge in [-0.25, -0.2) is 14.8 Å². The van der Waals surface area contributed by atoms with Crippen molar-refractivity contribution in [1.29, 1.82) is 0 Å². The fourth-order valence-corrected chi connectivity index (χ4v) is 2.70. The maximum atomic E-state index is 11.6. The van der Waals surface area contributed by atoms with E-state index in [1.807, 2.05) is 0 Å². The van der Waals surface area contributed by atoms with Gasteiger partial charge in [0.15, 0.2) is 0 Å². The average Bonchev–Trinajstić information content (AvgIpc) is 2.91. The Labute approximate surface area is 125 Å². The molecule has 0 saturated heterocycles. The molecule has 1 aliphatic rings. The van der Waals surface area contributed by atoms with Crippen LogP contribution in [0.5, 0.6) is 0 Å². The van der Waals surface area contributed by atoms with Gasteiger partial charge in [-0.05, 0) is 38.2 Å². The van der Waals surface area contributed by atoms with Crippen molar-refractivity contribution in [1.82, 2.24) is 9.97 Å². The number of carbonyl (C=O) groups is 1. The molecule has 1 aliphatic carbocycles. The maximum Gasteiger partial charge on any atom is 0.414 e. The molecule has 1 fully saturated rings.